The minimum Gasteiger partial charge on any atom is -0.458 e. The molecule has 0 unspecified atom stereocenters. The third-order valence-corrected chi connectivity index (χ3v) is 3.35. The maximum Gasteiger partial charge on any atom is 0.306 e. The Morgan fingerprint density at radius 2 is 1.62 bits per heavy atom. The zero-order chi connectivity index (χ0) is 17.3. The lowest BCUT2D eigenvalue weighted by Crippen LogP contribution is -2.01. The summed E-state index contributed by atoms with van der Waals surface area (Å²) in [5.41, 5.74) is 0. The number of ether oxygens (including phenoxy) is 1. The number of carbonyl (C=O) groups excluding carboxylic acids is 1. The summed E-state index contributed by atoms with van der Waals surface area (Å²) in [5, 5.41) is 0. The van der Waals surface area contributed by atoms with E-state index in [1.807, 2.05) is 6.08 Å². The maximum absolute atomic E-state index is 10.9. The normalized spacial score (nSPS) is 18.4. The molecular formula is C22H28O2. The number of allylic oxidation sites excluding steroid dienone is 9. The van der Waals surface area contributed by atoms with E-state index in [1.54, 1.807) is 6.08 Å². The van der Waals surface area contributed by atoms with E-state index in [4.69, 9.17) is 4.74 Å². The third kappa shape index (κ3) is 11.3. The van der Waals surface area contributed by atoms with E-state index >= 15 is 0 Å². The summed E-state index contributed by atoms with van der Waals surface area (Å²) < 4.78 is 5.06. The zero-order valence-electron chi connectivity index (χ0n) is 14.6. The Balaban J connectivity index is 2.02. The quantitative estimate of drug-likeness (QED) is 0.320. The molecule has 0 aromatic carbocycles. The second-order valence-corrected chi connectivity index (χ2v) is 5.45. The molecule has 0 spiro atoms. The maximum atomic E-state index is 10.9. The van der Waals surface area contributed by atoms with Crippen LogP contribution in [-0.2, 0) is 9.53 Å². The number of hydrogen-bond donors (Lipinski definition) is 0. The van der Waals surface area contributed by atoms with Gasteiger partial charge < -0.3 is 4.74 Å². The number of hydrogen-bond acceptors (Lipinski definition) is 2. The fourth-order valence-electron chi connectivity index (χ4n) is 2.08. The van der Waals surface area contributed by atoms with Gasteiger partial charge in [-0.2, -0.15) is 0 Å². The first-order chi connectivity index (χ1) is 11.8. The standard InChI is InChI=1S/C22H28O2/c1-2-3-4-5-6-7-8-9-10-11-12-13-14-15-16-17-18-21-19-20-22(23)24-21/h3-4,6-7,9-10,12-13,17-18,21H,2,5,8,11,14,19-20H2,1H3/b4-3-,7-6-,10-9-,13-12-,18-17+/t21-/m1/s1. The van der Waals surface area contributed by atoms with Gasteiger partial charge in [0.2, 0.25) is 0 Å². The molecule has 0 radical (unpaired) electrons. The molecule has 0 amide bonds. The molecule has 0 saturated carbocycles. The van der Waals surface area contributed by atoms with E-state index < -0.39 is 0 Å². The van der Waals surface area contributed by atoms with Gasteiger partial charge in [0.1, 0.15) is 6.10 Å². The van der Waals surface area contributed by atoms with Crippen molar-refractivity contribution in [2.24, 2.45) is 0 Å². The van der Waals surface area contributed by atoms with E-state index in [0.29, 0.717) is 6.42 Å². The van der Waals surface area contributed by atoms with Gasteiger partial charge in [0.25, 0.3) is 0 Å². The molecule has 128 valence electrons. The predicted molar refractivity (Wildman–Crippen MR) is 101 cm³/mol. The lowest BCUT2D eigenvalue weighted by molar-refractivity contribution is -0.139. The van der Waals surface area contributed by atoms with E-state index in [9.17, 15) is 4.79 Å². The topological polar surface area (TPSA) is 26.3 Å². The predicted octanol–water partition coefficient (Wildman–Crippen LogP) is 5.45. The van der Waals surface area contributed by atoms with Gasteiger partial charge in [-0.25, -0.2) is 0 Å². The van der Waals surface area contributed by atoms with Crippen LogP contribution in [0.4, 0.5) is 0 Å². The minimum atomic E-state index is -0.114. The third-order valence-electron chi connectivity index (χ3n) is 3.35. The van der Waals surface area contributed by atoms with Crippen LogP contribution in [0, 0.1) is 11.8 Å². The molecule has 0 aliphatic carbocycles. The molecule has 0 bridgehead atoms. The summed E-state index contributed by atoms with van der Waals surface area (Å²) in [6.45, 7) is 2.15. The first kappa shape index (κ1) is 19.8. The average Bonchev–Trinajstić information content (AvgIpc) is 3.00. The summed E-state index contributed by atoms with van der Waals surface area (Å²) >= 11 is 0. The van der Waals surface area contributed by atoms with Crippen molar-refractivity contribution in [1.29, 1.82) is 0 Å². The zero-order valence-corrected chi connectivity index (χ0v) is 14.6. The SMILES string of the molecule is CC/C=C\C/C=C\C/C=C\C/C=C\CC#C/C=C/[C@@H]1CCC(=O)O1. The average molecular weight is 324 g/mol. The van der Waals surface area contributed by atoms with Crippen LogP contribution in [0.5, 0.6) is 0 Å². The van der Waals surface area contributed by atoms with Crippen LogP contribution in [0.1, 0.15) is 51.9 Å². The van der Waals surface area contributed by atoms with Gasteiger partial charge >= 0.3 is 5.97 Å². The van der Waals surface area contributed by atoms with Gasteiger partial charge in [-0.15, -0.1) is 0 Å². The Morgan fingerprint density at radius 3 is 2.21 bits per heavy atom. The largest absolute Gasteiger partial charge is 0.458 e. The second kappa shape index (κ2) is 14.3. The van der Waals surface area contributed by atoms with Crippen molar-refractivity contribution in [1.82, 2.24) is 0 Å². The van der Waals surface area contributed by atoms with Crippen LogP contribution in [0.15, 0.2) is 60.8 Å². The molecule has 1 fully saturated rings. The highest BCUT2D eigenvalue weighted by Gasteiger charge is 2.19. The molecule has 1 heterocycles. The van der Waals surface area contributed by atoms with Crippen molar-refractivity contribution in [3.05, 3.63) is 60.8 Å². The van der Waals surface area contributed by atoms with Crippen molar-refractivity contribution >= 4 is 5.97 Å². The van der Waals surface area contributed by atoms with Crippen LogP contribution in [0.2, 0.25) is 0 Å². The summed E-state index contributed by atoms with van der Waals surface area (Å²) in [5.74, 6) is 5.90. The molecular weight excluding hydrogens is 296 g/mol. The summed E-state index contributed by atoms with van der Waals surface area (Å²) in [7, 11) is 0. The highest BCUT2D eigenvalue weighted by molar-refractivity contribution is 5.71. The second-order valence-electron chi connectivity index (χ2n) is 5.45. The summed E-state index contributed by atoms with van der Waals surface area (Å²) in [6, 6.07) is 0. The molecule has 0 aromatic rings. The van der Waals surface area contributed by atoms with E-state index in [-0.39, 0.29) is 12.1 Å². The number of rotatable bonds is 9. The minimum absolute atomic E-state index is 0.0794. The molecule has 1 aliphatic rings. The fourth-order valence-corrected chi connectivity index (χ4v) is 2.08. The van der Waals surface area contributed by atoms with Gasteiger partial charge in [0.05, 0.1) is 0 Å². The van der Waals surface area contributed by atoms with Crippen LogP contribution in [-0.4, -0.2) is 12.1 Å². The highest BCUT2D eigenvalue weighted by Crippen LogP contribution is 2.14. The summed E-state index contributed by atoms with van der Waals surface area (Å²) in [6.07, 6.45) is 27.0. The van der Waals surface area contributed by atoms with Crippen LogP contribution >= 0.6 is 0 Å². The van der Waals surface area contributed by atoms with Gasteiger partial charge in [0, 0.05) is 12.8 Å². The Labute approximate surface area is 146 Å². The van der Waals surface area contributed by atoms with Crippen molar-refractivity contribution in [3.63, 3.8) is 0 Å². The van der Waals surface area contributed by atoms with Gasteiger partial charge in [-0.3, -0.25) is 4.79 Å². The van der Waals surface area contributed by atoms with Crippen molar-refractivity contribution < 1.29 is 9.53 Å². The van der Waals surface area contributed by atoms with Gasteiger partial charge in [-0.1, -0.05) is 67.4 Å². The molecule has 1 rings (SSSR count). The number of carbonyl (C=O) groups is 1. The fraction of sp³-hybridized carbons (Fsp3) is 0.409. The molecule has 1 aliphatic heterocycles. The van der Waals surface area contributed by atoms with E-state index in [0.717, 1.165) is 38.5 Å². The Bertz CT molecular complexity index is 550. The lowest BCUT2D eigenvalue weighted by Gasteiger charge is -1.99. The first-order valence-electron chi connectivity index (χ1n) is 8.77. The van der Waals surface area contributed by atoms with E-state index in [2.05, 4.69) is 67.4 Å². The van der Waals surface area contributed by atoms with Gasteiger partial charge in [-0.05, 0) is 44.3 Å². The van der Waals surface area contributed by atoms with Crippen molar-refractivity contribution in [3.8, 4) is 11.8 Å². The number of cyclic esters (lactones) is 1. The smallest absolute Gasteiger partial charge is 0.306 e. The molecule has 0 N–H and O–H groups in total. The molecule has 2 heteroatoms. The Hall–Kier alpha value is -2.27. The molecule has 24 heavy (non-hydrogen) atoms. The summed E-state index contributed by atoms with van der Waals surface area (Å²) in [4.78, 5) is 10.9. The van der Waals surface area contributed by atoms with E-state index in [1.165, 1.54) is 0 Å². The highest BCUT2D eigenvalue weighted by atomic mass is 16.5. The molecule has 2 nitrogen and oxygen atoms in total. The lowest BCUT2D eigenvalue weighted by atomic mass is 10.2. The molecule has 1 saturated heterocycles. The Morgan fingerprint density at radius 1 is 1.00 bits per heavy atom. The van der Waals surface area contributed by atoms with Crippen LogP contribution in [0.3, 0.4) is 0 Å². The molecule has 1 atom stereocenters. The monoisotopic (exact) mass is 324 g/mol. The Kier molecular flexibility index (Phi) is 11.8. The van der Waals surface area contributed by atoms with Crippen molar-refractivity contribution in [2.75, 3.05) is 0 Å². The number of esters is 1. The molecule has 0 aromatic heterocycles. The van der Waals surface area contributed by atoms with Crippen molar-refractivity contribution in [2.45, 2.75) is 58.0 Å². The first-order valence-corrected chi connectivity index (χ1v) is 8.77. The van der Waals surface area contributed by atoms with Crippen LogP contribution < -0.4 is 0 Å². The van der Waals surface area contributed by atoms with Crippen LogP contribution in [0.25, 0.3) is 0 Å². The van der Waals surface area contributed by atoms with Gasteiger partial charge in [0.15, 0.2) is 0 Å².